The minimum atomic E-state index is -0.257. The van der Waals surface area contributed by atoms with Gasteiger partial charge in [0.15, 0.2) is 5.96 Å². The first-order valence-corrected chi connectivity index (χ1v) is 8.99. The smallest absolute Gasteiger partial charge is 0.191 e. The van der Waals surface area contributed by atoms with E-state index in [1.165, 1.54) is 10.9 Å². The zero-order valence-corrected chi connectivity index (χ0v) is 18.6. The van der Waals surface area contributed by atoms with Gasteiger partial charge in [-0.15, -0.1) is 35.3 Å². The third-order valence-electron chi connectivity index (χ3n) is 3.18. The zero-order chi connectivity index (χ0) is 16.8. The van der Waals surface area contributed by atoms with E-state index >= 15 is 0 Å². The summed E-state index contributed by atoms with van der Waals surface area (Å²) in [6.45, 7) is 7.69. The van der Waals surface area contributed by atoms with E-state index in [1.54, 1.807) is 17.4 Å². The molecule has 24 heavy (non-hydrogen) atoms. The van der Waals surface area contributed by atoms with Gasteiger partial charge in [0, 0.05) is 21.5 Å². The molecule has 2 rings (SSSR count). The molecular formula is C16H21BrFIN4S. The van der Waals surface area contributed by atoms with Gasteiger partial charge >= 0.3 is 0 Å². The maximum Gasteiger partial charge on any atom is 0.191 e. The van der Waals surface area contributed by atoms with E-state index in [0.29, 0.717) is 18.1 Å². The Morgan fingerprint density at radius 2 is 2.08 bits per heavy atom. The number of guanidine groups is 1. The highest BCUT2D eigenvalue weighted by atomic mass is 127. The van der Waals surface area contributed by atoms with Gasteiger partial charge in [-0.1, -0.05) is 22.0 Å². The van der Waals surface area contributed by atoms with Crippen LogP contribution in [0.5, 0.6) is 0 Å². The van der Waals surface area contributed by atoms with E-state index in [2.05, 4.69) is 36.5 Å². The van der Waals surface area contributed by atoms with E-state index in [1.807, 2.05) is 26.8 Å². The molecule has 0 unspecified atom stereocenters. The number of rotatable bonds is 5. The monoisotopic (exact) mass is 526 g/mol. The second kappa shape index (κ2) is 10.3. The molecule has 0 amide bonds. The number of hydrogen-bond acceptors (Lipinski definition) is 3. The molecule has 0 spiro atoms. The number of aromatic nitrogens is 1. The van der Waals surface area contributed by atoms with E-state index in [0.717, 1.165) is 21.7 Å². The van der Waals surface area contributed by atoms with Gasteiger partial charge in [0.1, 0.15) is 5.82 Å². The third kappa shape index (κ3) is 6.29. The van der Waals surface area contributed by atoms with Crippen molar-refractivity contribution in [3.05, 3.63) is 49.6 Å². The second-order valence-electron chi connectivity index (χ2n) is 5.03. The molecule has 4 nitrogen and oxygen atoms in total. The van der Waals surface area contributed by atoms with Crippen LogP contribution in [-0.4, -0.2) is 17.5 Å². The lowest BCUT2D eigenvalue weighted by Crippen LogP contribution is -2.36. The second-order valence-corrected chi connectivity index (χ2v) is 7.23. The Bertz CT molecular complexity index is 705. The highest BCUT2D eigenvalue weighted by Crippen LogP contribution is 2.17. The Kier molecular flexibility index (Phi) is 9.14. The Morgan fingerprint density at radius 3 is 2.67 bits per heavy atom. The zero-order valence-electron chi connectivity index (χ0n) is 13.8. The molecule has 2 aromatic rings. The van der Waals surface area contributed by atoms with Crippen LogP contribution in [0.2, 0.25) is 0 Å². The molecule has 0 atom stereocenters. The van der Waals surface area contributed by atoms with Crippen molar-refractivity contribution in [3.63, 3.8) is 0 Å². The summed E-state index contributed by atoms with van der Waals surface area (Å²) in [5.41, 5.74) is 1.60. The van der Waals surface area contributed by atoms with Crippen LogP contribution in [0, 0.1) is 19.7 Å². The Labute approximate surface area is 171 Å². The van der Waals surface area contributed by atoms with Gasteiger partial charge in [-0.05, 0) is 32.9 Å². The average molecular weight is 527 g/mol. The Hall–Kier alpha value is -0.740. The standard InChI is InChI=1S/C16H20BrFN4S.HI/c1-4-19-16(21-9-15-10(2)22-11(3)23-15)20-8-12-5-6-13(17)7-14(12)18;/h5-7H,4,8-9H2,1-3H3,(H2,19,20,21);1H. The SMILES string of the molecule is CCNC(=NCc1ccc(Br)cc1F)NCc1sc(C)nc1C.I. The van der Waals surface area contributed by atoms with Gasteiger partial charge in [-0.3, -0.25) is 0 Å². The molecule has 1 aromatic carbocycles. The molecule has 0 aliphatic carbocycles. The molecular weight excluding hydrogens is 506 g/mol. The van der Waals surface area contributed by atoms with Crippen LogP contribution < -0.4 is 10.6 Å². The van der Waals surface area contributed by atoms with Crippen molar-refractivity contribution < 1.29 is 4.39 Å². The van der Waals surface area contributed by atoms with E-state index in [9.17, 15) is 4.39 Å². The first-order chi connectivity index (χ1) is 11.0. The highest BCUT2D eigenvalue weighted by Gasteiger charge is 2.07. The lowest BCUT2D eigenvalue weighted by Gasteiger charge is -2.11. The normalized spacial score (nSPS) is 11.1. The van der Waals surface area contributed by atoms with Gasteiger partial charge in [-0.2, -0.15) is 0 Å². The fourth-order valence-electron chi connectivity index (χ4n) is 2.06. The maximum atomic E-state index is 13.8. The van der Waals surface area contributed by atoms with Crippen molar-refractivity contribution in [1.29, 1.82) is 0 Å². The molecule has 0 saturated carbocycles. The van der Waals surface area contributed by atoms with Gasteiger partial charge in [-0.25, -0.2) is 14.4 Å². The van der Waals surface area contributed by atoms with Crippen LogP contribution in [0.4, 0.5) is 4.39 Å². The van der Waals surface area contributed by atoms with Crippen molar-refractivity contribution in [2.75, 3.05) is 6.54 Å². The van der Waals surface area contributed by atoms with Gasteiger partial charge in [0.05, 0.1) is 23.8 Å². The topological polar surface area (TPSA) is 49.3 Å². The fourth-order valence-corrected chi connectivity index (χ4v) is 3.27. The number of aliphatic imine (C=N–C) groups is 1. The summed E-state index contributed by atoms with van der Waals surface area (Å²) in [6, 6.07) is 5.01. The Balaban J connectivity index is 0.00000288. The summed E-state index contributed by atoms with van der Waals surface area (Å²) < 4.78 is 14.6. The number of hydrogen-bond donors (Lipinski definition) is 2. The van der Waals surface area contributed by atoms with Crippen LogP contribution in [0.1, 0.15) is 28.1 Å². The highest BCUT2D eigenvalue weighted by molar-refractivity contribution is 14.0. The van der Waals surface area contributed by atoms with Crippen LogP contribution in [-0.2, 0) is 13.1 Å². The molecule has 0 saturated heterocycles. The van der Waals surface area contributed by atoms with Crippen molar-refractivity contribution in [2.24, 2.45) is 4.99 Å². The summed E-state index contributed by atoms with van der Waals surface area (Å²) in [4.78, 5) is 10.0. The third-order valence-corrected chi connectivity index (χ3v) is 4.75. The van der Waals surface area contributed by atoms with Gasteiger partial charge < -0.3 is 10.6 Å². The van der Waals surface area contributed by atoms with E-state index in [4.69, 9.17) is 0 Å². The van der Waals surface area contributed by atoms with Crippen LogP contribution in [0.15, 0.2) is 27.7 Å². The molecule has 1 heterocycles. The minimum absolute atomic E-state index is 0. The summed E-state index contributed by atoms with van der Waals surface area (Å²) in [5, 5.41) is 7.50. The van der Waals surface area contributed by atoms with Crippen LogP contribution in [0.3, 0.4) is 0 Å². The molecule has 0 aliphatic heterocycles. The largest absolute Gasteiger partial charge is 0.357 e. The molecule has 0 fully saturated rings. The van der Waals surface area contributed by atoms with Gasteiger partial charge in [0.2, 0.25) is 0 Å². The predicted molar refractivity (Wildman–Crippen MR) is 113 cm³/mol. The maximum absolute atomic E-state index is 13.8. The molecule has 0 aliphatic rings. The lowest BCUT2D eigenvalue weighted by atomic mass is 10.2. The number of halogens is 3. The van der Waals surface area contributed by atoms with Crippen LogP contribution in [0.25, 0.3) is 0 Å². The van der Waals surface area contributed by atoms with Crippen molar-refractivity contribution >= 4 is 57.2 Å². The van der Waals surface area contributed by atoms with Crippen molar-refractivity contribution in [1.82, 2.24) is 15.6 Å². The first-order valence-electron chi connectivity index (χ1n) is 7.38. The van der Waals surface area contributed by atoms with Crippen molar-refractivity contribution in [2.45, 2.75) is 33.9 Å². The molecule has 1 aromatic heterocycles. The number of benzene rings is 1. The number of nitrogens with zero attached hydrogens (tertiary/aromatic N) is 2. The Morgan fingerprint density at radius 1 is 1.33 bits per heavy atom. The summed E-state index contributed by atoms with van der Waals surface area (Å²) in [6.07, 6.45) is 0. The first kappa shape index (κ1) is 21.3. The predicted octanol–water partition coefficient (Wildman–Crippen LogP) is 4.53. The van der Waals surface area contributed by atoms with Crippen LogP contribution >= 0.6 is 51.2 Å². The van der Waals surface area contributed by atoms with E-state index < -0.39 is 0 Å². The summed E-state index contributed by atoms with van der Waals surface area (Å²) in [7, 11) is 0. The number of aryl methyl sites for hydroxylation is 2. The fraction of sp³-hybridized carbons (Fsp3) is 0.375. The average Bonchev–Trinajstić information content (AvgIpc) is 2.81. The molecule has 132 valence electrons. The number of nitrogens with one attached hydrogen (secondary N) is 2. The number of thiazole rings is 1. The molecule has 2 N–H and O–H groups in total. The summed E-state index contributed by atoms with van der Waals surface area (Å²) >= 11 is 4.93. The summed E-state index contributed by atoms with van der Waals surface area (Å²) in [5.74, 6) is 0.410. The quantitative estimate of drug-likeness (QED) is 0.342. The molecule has 0 radical (unpaired) electrons. The molecule has 8 heteroatoms. The van der Waals surface area contributed by atoms with Gasteiger partial charge in [0.25, 0.3) is 0 Å². The minimum Gasteiger partial charge on any atom is -0.357 e. The van der Waals surface area contributed by atoms with Crippen molar-refractivity contribution in [3.8, 4) is 0 Å². The lowest BCUT2D eigenvalue weighted by molar-refractivity contribution is 0.609. The molecule has 0 bridgehead atoms. The van der Waals surface area contributed by atoms with E-state index in [-0.39, 0.29) is 36.3 Å².